The zero-order valence-electron chi connectivity index (χ0n) is 14.8. The number of nitro benzene ring substituents is 1. The predicted octanol–water partition coefficient (Wildman–Crippen LogP) is 4.38. The van der Waals surface area contributed by atoms with E-state index in [0.29, 0.717) is 13.0 Å². The number of carbonyl (C=O) groups is 1. The highest BCUT2D eigenvalue weighted by atomic mass is 32.1. The van der Waals surface area contributed by atoms with E-state index in [4.69, 9.17) is 0 Å². The van der Waals surface area contributed by atoms with Gasteiger partial charge in [-0.2, -0.15) is 0 Å². The lowest BCUT2D eigenvalue weighted by molar-refractivity contribution is -0.384. The van der Waals surface area contributed by atoms with Crippen LogP contribution in [0.2, 0.25) is 0 Å². The van der Waals surface area contributed by atoms with Gasteiger partial charge in [0.1, 0.15) is 0 Å². The van der Waals surface area contributed by atoms with Gasteiger partial charge >= 0.3 is 0 Å². The van der Waals surface area contributed by atoms with Crippen LogP contribution in [0.5, 0.6) is 0 Å². The van der Waals surface area contributed by atoms with Crippen LogP contribution in [-0.4, -0.2) is 28.8 Å². The average Bonchev–Trinajstić information content (AvgIpc) is 3.13. The number of nitrogens with zero attached hydrogens (tertiary/aromatic N) is 2. The number of rotatable bonds is 7. The molecular weight excluding hydrogens is 350 g/mol. The summed E-state index contributed by atoms with van der Waals surface area (Å²) in [6, 6.07) is 8.70. The Morgan fingerprint density at radius 1 is 1.35 bits per heavy atom. The second kappa shape index (κ2) is 8.31. The van der Waals surface area contributed by atoms with Crippen molar-refractivity contribution in [3.05, 3.63) is 56.3 Å². The first-order valence-corrected chi connectivity index (χ1v) is 9.82. The second-order valence-electron chi connectivity index (χ2n) is 6.39. The third-order valence-electron chi connectivity index (χ3n) is 4.78. The van der Waals surface area contributed by atoms with Gasteiger partial charge in [-0.05, 0) is 48.4 Å². The molecule has 1 unspecified atom stereocenters. The number of nitrogens with one attached hydrogen (secondary N) is 1. The van der Waals surface area contributed by atoms with Gasteiger partial charge in [-0.15, -0.1) is 11.3 Å². The summed E-state index contributed by atoms with van der Waals surface area (Å²) in [7, 11) is 0. The zero-order chi connectivity index (χ0) is 18.5. The molecule has 0 radical (unpaired) electrons. The van der Waals surface area contributed by atoms with E-state index in [1.54, 1.807) is 23.5 Å². The molecule has 1 aromatic carbocycles. The third kappa shape index (κ3) is 4.04. The molecule has 1 N–H and O–H groups in total. The minimum absolute atomic E-state index is 0.0780. The van der Waals surface area contributed by atoms with Crippen LogP contribution in [0.15, 0.2) is 35.7 Å². The van der Waals surface area contributed by atoms with E-state index < -0.39 is 4.92 Å². The van der Waals surface area contributed by atoms with E-state index in [2.05, 4.69) is 23.7 Å². The number of amides is 1. The van der Waals surface area contributed by atoms with Crippen LogP contribution in [0.25, 0.3) is 0 Å². The Bertz CT molecular complexity index is 773. The molecule has 0 bridgehead atoms. The quantitative estimate of drug-likeness (QED) is 0.444. The first-order valence-electron chi connectivity index (χ1n) is 8.94. The first-order chi connectivity index (χ1) is 12.6. The lowest BCUT2D eigenvalue weighted by atomic mass is 9.97. The molecule has 26 heavy (non-hydrogen) atoms. The Kier molecular flexibility index (Phi) is 5.88. The Labute approximate surface area is 157 Å². The number of anilines is 1. The Morgan fingerprint density at radius 3 is 2.81 bits per heavy atom. The maximum Gasteiger partial charge on any atom is 0.269 e. The van der Waals surface area contributed by atoms with Crippen LogP contribution in [-0.2, 0) is 11.2 Å². The molecule has 3 rings (SSSR count). The van der Waals surface area contributed by atoms with Gasteiger partial charge in [0, 0.05) is 42.2 Å². The van der Waals surface area contributed by atoms with Crippen molar-refractivity contribution in [2.75, 3.05) is 18.4 Å². The van der Waals surface area contributed by atoms with Crippen LogP contribution in [0, 0.1) is 10.1 Å². The maximum absolute atomic E-state index is 12.7. The number of non-ortho nitro benzene ring substituents is 1. The SMILES string of the molecule is CCC1c2ccsc2CCN1C(=O)CCCNc1ccc([N+](=O)[O-])cc1. The lowest BCUT2D eigenvalue weighted by Crippen LogP contribution is -2.39. The van der Waals surface area contributed by atoms with Gasteiger partial charge in [0.2, 0.25) is 5.91 Å². The monoisotopic (exact) mass is 373 g/mol. The summed E-state index contributed by atoms with van der Waals surface area (Å²) in [4.78, 5) is 26.3. The molecule has 0 saturated heterocycles. The summed E-state index contributed by atoms with van der Waals surface area (Å²) < 4.78 is 0. The highest BCUT2D eigenvalue weighted by Gasteiger charge is 2.29. The summed E-state index contributed by atoms with van der Waals surface area (Å²) in [5, 5.41) is 16.0. The Morgan fingerprint density at radius 2 is 2.12 bits per heavy atom. The number of hydrogen-bond acceptors (Lipinski definition) is 5. The van der Waals surface area contributed by atoms with Gasteiger partial charge in [-0.1, -0.05) is 6.92 Å². The van der Waals surface area contributed by atoms with Crippen molar-refractivity contribution in [1.82, 2.24) is 4.90 Å². The molecule has 2 heterocycles. The molecule has 6 nitrogen and oxygen atoms in total. The van der Waals surface area contributed by atoms with Gasteiger partial charge in [-0.3, -0.25) is 14.9 Å². The molecule has 1 atom stereocenters. The highest BCUT2D eigenvalue weighted by molar-refractivity contribution is 7.10. The summed E-state index contributed by atoms with van der Waals surface area (Å²) in [5.74, 6) is 0.208. The Balaban J connectivity index is 1.47. The minimum Gasteiger partial charge on any atom is -0.385 e. The molecular formula is C19H23N3O3S. The van der Waals surface area contributed by atoms with Crippen LogP contribution in [0.1, 0.15) is 42.7 Å². The molecule has 0 aliphatic carbocycles. The Hall–Kier alpha value is -2.41. The minimum atomic E-state index is -0.413. The van der Waals surface area contributed by atoms with Gasteiger partial charge in [0.15, 0.2) is 0 Å². The van der Waals surface area contributed by atoms with Crippen molar-refractivity contribution >= 4 is 28.6 Å². The molecule has 1 aromatic heterocycles. The van der Waals surface area contributed by atoms with Crippen LogP contribution in [0.3, 0.4) is 0 Å². The summed E-state index contributed by atoms with van der Waals surface area (Å²) in [6.07, 6.45) is 3.14. The van der Waals surface area contributed by atoms with E-state index >= 15 is 0 Å². The van der Waals surface area contributed by atoms with Crippen LogP contribution < -0.4 is 5.32 Å². The largest absolute Gasteiger partial charge is 0.385 e. The predicted molar refractivity (Wildman–Crippen MR) is 104 cm³/mol. The van der Waals surface area contributed by atoms with Gasteiger partial charge in [0.25, 0.3) is 5.69 Å². The fourth-order valence-electron chi connectivity index (χ4n) is 3.45. The van der Waals surface area contributed by atoms with E-state index in [9.17, 15) is 14.9 Å². The number of benzene rings is 1. The fourth-order valence-corrected chi connectivity index (χ4v) is 4.38. The molecule has 1 amide bonds. The highest BCUT2D eigenvalue weighted by Crippen LogP contribution is 2.35. The number of thiophene rings is 1. The molecule has 1 aliphatic rings. The fraction of sp³-hybridized carbons (Fsp3) is 0.421. The first kappa shape index (κ1) is 18.4. The normalized spacial score (nSPS) is 16.2. The summed E-state index contributed by atoms with van der Waals surface area (Å²) >= 11 is 1.79. The molecule has 0 spiro atoms. The van der Waals surface area contributed by atoms with Gasteiger partial charge in [-0.25, -0.2) is 0 Å². The van der Waals surface area contributed by atoms with Crippen LogP contribution >= 0.6 is 11.3 Å². The molecule has 0 fully saturated rings. The second-order valence-corrected chi connectivity index (χ2v) is 7.40. The standard InChI is InChI=1S/C19H23N3O3S/c1-2-17-16-10-13-26-18(16)9-12-21(17)19(23)4-3-11-20-14-5-7-15(8-6-14)22(24)25/h5-8,10,13,17,20H,2-4,9,11-12H2,1H3. The number of nitro groups is 1. The van der Waals surface area contributed by atoms with Crippen molar-refractivity contribution in [2.24, 2.45) is 0 Å². The molecule has 2 aromatic rings. The van der Waals surface area contributed by atoms with E-state index in [0.717, 1.165) is 31.5 Å². The van der Waals surface area contributed by atoms with Crippen molar-refractivity contribution < 1.29 is 9.72 Å². The van der Waals surface area contributed by atoms with Crippen molar-refractivity contribution in [3.63, 3.8) is 0 Å². The maximum atomic E-state index is 12.7. The van der Waals surface area contributed by atoms with Crippen LogP contribution in [0.4, 0.5) is 11.4 Å². The molecule has 7 heteroatoms. The molecule has 138 valence electrons. The van der Waals surface area contributed by atoms with Crippen molar-refractivity contribution in [3.8, 4) is 0 Å². The average molecular weight is 373 g/mol. The molecule has 1 aliphatic heterocycles. The van der Waals surface area contributed by atoms with E-state index in [-0.39, 0.29) is 17.6 Å². The lowest BCUT2D eigenvalue weighted by Gasteiger charge is -2.35. The summed E-state index contributed by atoms with van der Waals surface area (Å²) in [6.45, 7) is 3.60. The molecule has 0 saturated carbocycles. The topological polar surface area (TPSA) is 75.5 Å². The van der Waals surface area contributed by atoms with Gasteiger partial charge < -0.3 is 10.2 Å². The smallest absolute Gasteiger partial charge is 0.269 e. The third-order valence-corrected chi connectivity index (χ3v) is 5.77. The number of hydrogen-bond donors (Lipinski definition) is 1. The van der Waals surface area contributed by atoms with Gasteiger partial charge in [0.05, 0.1) is 11.0 Å². The number of fused-ring (bicyclic) bond motifs is 1. The van der Waals surface area contributed by atoms with E-state index in [1.807, 2.05) is 4.90 Å². The van der Waals surface area contributed by atoms with Crippen molar-refractivity contribution in [2.45, 2.75) is 38.6 Å². The summed E-state index contributed by atoms with van der Waals surface area (Å²) in [5.41, 5.74) is 2.23. The van der Waals surface area contributed by atoms with Crippen molar-refractivity contribution in [1.29, 1.82) is 0 Å². The zero-order valence-corrected chi connectivity index (χ0v) is 15.6. The van der Waals surface area contributed by atoms with E-state index in [1.165, 1.54) is 22.6 Å². The number of carbonyl (C=O) groups excluding carboxylic acids is 1.